The van der Waals surface area contributed by atoms with Crippen LogP contribution in [0, 0.1) is 17.0 Å². The smallest absolute Gasteiger partial charge is 0.270 e. The first-order chi connectivity index (χ1) is 13.4. The van der Waals surface area contributed by atoms with Gasteiger partial charge in [-0.25, -0.2) is 8.42 Å². The number of hydrogen-bond donors (Lipinski definition) is 0. The Morgan fingerprint density at radius 2 is 1.75 bits per heavy atom. The molecule has 28 heavy (non-hydrogen) atoms. The van der Waals surface area contributed by atoms with Crippen LogP contribution in [0.4, 0.5) is 5.69 Å². The van der Waals surface area contributed by atoms with Gasteiger partial charge >= 0.3 is 0 Å². The molecule has 0 bridgehead atoms. The number of aryl methyl sites for hydroxylation is 1. The van der Waals surface area contributed by atoms with Crippen molar-refractivity contribution in [2.45, 2.75) is 11.8 Å². The highest BCUT2D eigenvalue weighted by molar-refractivity contribution is 7.89. The number of benzene rings is 2. The molecule has 0 spiro atoms. The molecule has 9 heteroatoms. The Hall–Kier alpha value is -2.49. The van der Waals surface area contributed by atoms with E-state index in [4.69, 9.17) is 4.74 Å². The maximum Gasteiger partial charge on any atom is 0.270 e. The van der Waals surface area contributed by atoms with Crippen molar-refractivity contribution in [1.82, 2.24) is 9.21 Å². The number of rotatable bonds is 7. The maximum absolute atomic E-state index is 12.9. The van der Waals surface area contributed by atoms with Gasteiger partial charge in [0.05, 0.1) is 9.82 Å². The summed E-state index contributed by atoms with van der Waals surface area (Å²) in [6.45, 7) is 4.75. The first-order valence-corrected chi connectivity index (χ1v) is 10.5. The summed E-state index contributed by atoms with van der Waals surface area (Å²) in [5.74, 6) is 0.810. The Balaban J connectivity index is 1.58. The van der Waals surface area contributed by atoms with E-state index in [0.717, 1.165) is 11.8 Å². The predicted molar refractivity (Wildman–Crippen MR) is 105 cm³/mol. The molecule has 0 amide bonds. The number of para-hydroxylation sites is 1. The average molecular weight is 405 g/mol. The van der Waals surface area contributed by atoms with Crippen LogP contribution in [0.2, 0.25) is 0 Å². The molecule has 1 heterocycles. The highest BCUT2D eigenvalue weighted by Gasteiger charge is 2.30. The number of non-ortho nitro benzene ring substituents is 1. The molecule has 0 N–H and O–H groups in total. The first-order valence-electron chi connectivity index (χ1n) is 9.03. The Labute approximate surface area is 164 Å². The van der Waals surface area contributed by atoms with E-state index in [-0.39, 0.29) is 10.6 Å². The molecule has 0 aliphatic carbocycles. The molecule has 8 nitrogen and oxygen atoms in total. The summed E-state index contributed by atoms with van der Waals surface area (Å²) in [7, 11) is -3.76. The van der Waals surface area contributed by atoms with Crippen molar-refractivity contribution in [2.75, 3.05) is 39.3 Å². The lowest BCUT2D eigenvalue weighted by atomic mass is 10.2. The van der Waals surface area contributed by atoms with E-state index in [0.29, 0.717) is 44.9 Å². The minimum atomic E-state index is -3.76. The van der Waals surface area contributed by atoms with Crippen LogP contribution in [0.15, 0.2) is 53.4 Å². The number of piperazine rings is 1. The van der Waals surface area contributed by atoms with Gasteiger partial charge < -0.3 is 4.74 Å². The van der Waals surface area contributed by atoms with Gasteiger partial charge in [0.1, 0.15) is 12.4 Å². The lowest BCUT2D eigenvalue weighted by Gasteiger charge is -2.34. The molecule has 0 atom stereocenters. The number of hydrogen-bond acceptors (Lipinski definition) is 6. The summed E-state index contributed by atoms with van der Waals surface area (Å²) in [6.07, 6.45) is 0. The van der Waals surface area contributed by atoms with E-state index in [1.54, 1.807) is 6.92 Å². The standard InChI is InChI=1S/C19H23N3O5S/c1-16-7-8-17(22(23)24)15-19(16)28(25,26)21-11-9-20(10-12-21)13-14-27-18-5-3-2-4-6-18/h2-8,15H,9-14H2,1H3. The molecular weight excluding hydrogens is 382 g/mol. The Kier molecular flexibility index (Phi) is 6.28. The fraction of sp³-hybridized carbons (Fsp3) is 0.368. The molecule has 1 fully saturated rings. The van der Waals surface area contributed by atoms with Crippen LogP contribution in [0.5, 0.6) is 5.75 Å². The number of nitro benzene ring substituents is 1. The molecule has 1 aliphatic heterocycles. The van der Waals surface area contributed by atoms with Crippen molar-refractivity contribution < 1.29 is 18.1 Å². The fourth-order valence-electron chi connectivity index (χ4n) is 3.12. The van der Waals surface area contributed by atoms with Gasteiger partial charge in [-0.3, -0.25) is 15.0 Å². The highest BCUT2D eigenvalue weighted by atomic mass is 32.2. The zero-order valence-corrected chi connectivity index (χ0v) is 16.5. The van der Waals surface area contributed by atoms with Gasteiger partial charge in [-0.1, -0.05) is 24.3 Å². The van der Waals surface area contributed by atoms with Crippen molar-refractivity contribution in [3.63, 3.8) is 0 Å². The Morgan fingerprint density at radius 3 is 2.39 bits per heavy atom. The van der Waals surface area contributed by atoms with Crippen LogP contribution in [0.25, 0.3) is 0 Å². The van der Waals surface area contributed by atoms with E-state index in [1.807, 2.05) is 30.3 Å². The van der Waals surface area contributed by atoms with Gasteiger partial charge in [-0.15, -0.1) is 0 Å². The minimum absolute atomic E-state index is 0.00237. The zero-order chi connectivity index (χ0) is 20.1. The second kappa shape index (κ2) is 8.68. The third-order valence-electron chi connectivity index (χ3n) is 4.75. The Bertz CT molecular complexity index is 926. The van der Waals surface area contributed by atoms with Crippen molar-refractivity contribution >= 4 is 15.7 Å². The average Bonchev–Trinajstić information content (AvgIpc) is 2.69. The lowest BCUT2D eigenvalue weighted by Crippen LogP contribution is -2.49. The molecule has 2 aromatic carbocycles. The van der Waals surface area contributed by atoms with Gasteiger partial charge in [0.15, 0.2) is 0 Å². The maximum atomic E-state index is 12.9. The monoisotopic (exact) mass is 405 g/mol. The molecular formula is C19H23N3O5S. The summed E-state index contributed by atoms with van der Waals surface area (Å²) in [5.41, 5.74) is 0.283. The number of ether oxygens (including phenoxy) is 1. The minimum Gasteiger partial charge on any atom is -0.492 e. The molecule has 0 unspecified atom stereocenters. The van der Waals surface area contributed by atoms with Gasteiger partial charge in [0.2, 0.25) is 10.0 Å². The quantitative estimate of drug-likeness (QED) is 0.518. The van der Waals surface area contributed by atoms with E-state index < -0.39 is 14.9 Å². The van der Waals surface area contributed by atoms with Crippen molar-refractivity contribution in [3.8, 4) is 5.75 Å². The largest absolute Gasteiger partial charge is 0.492 e. The second-order valence-corrected chi connectivity index (χ2v) is 8.52. The van der Waals surface area contributed by atoms with E-state index in [2.05, 4.69) is 4.90 Å². The van der Waals surface area contributed by atoms with Crippen molar-refractivity contribution in [1.29, 1.82) is 0 Å². The van der Waals surface area contributed by atoms with Crippen LogP contribution >= 0.6 is 0 Å². The van der Waals surface area contributed by atoms with Crippen molar-refractivity contribution in [2.24, 2.45) is 0 Å². The van der Waals surface area contributed by atoms with Gasteiger partial charge in [0.25, 0.3) is 5.69 Å². The van der Waals surface area contributed by atoms with E-state index >= 15 is 0 Å². The topological polar surface area (TPSA) is 93.0 Å². The highest BCUT2D eigenvalue weighted by Crippen LogP contribution is 2.25. The SMILES string of the molecule is Cc1ccc([N+](=O)[O-])cc1S(=O)(=O)N1CCN(CCOc2ccccc2)CC1. The number of nitro groups is 1. The van der Waals surface area contributed by atoms with Gasteiger partial charge in [0, 0.05) is 44.9 Å². The molecule has 1 saturated heterocycles. The van der Waals surface area contributed by atoms with Crippen LogP contribution < -0.4 is 4.74 Å². The summed E-state index contributed by atoms with van der Waals surface area (Å²) >= 11 is 0. The molecule has 0 saturated carbocycles. The molecule has 2 aromatic rings. The predicted octanol–water partition coefficient (Wildman–Crippen LogP) is 2.29. The lowest BCUT2D eigenvalue weighted by molar-refractivity contribution is -0.385. The van der Waals surface area contributed by atoms with Crippen molar-refractivity contribution in [3.05, 3.63) is 64.2 Å². The molecule has 0 radical (unpaired) electrons. The number of sulfonamides is 1. The number of nitrogens with zero attached hydrogens (tertiary/aromatic N) is 3. The summed E-state index contributed by atoms with van der Waals surface area (Å²) in [5, 5.41) is 11.0. The molecule has 3 rings (SSSR count). The third-order valence-corrected chi connectivity index (χ3v) is 6.79. The van der Waals surface area contributed by atoms with E-state index in [1.165, 1.54) is 16.4 Å². The second-order valence-electron chi connectivity index (χ2n) is 6.61. The summed E-state index contributed by atoms with van der Waals surface area (Å²) < 4.78 is 33.0. The van der Waals surface area contributed by atoms with Crippen LogP contribution in [-0.4, -0.2) is 61.9 Å². The van der Waals surface area contributed by atoms with Gasteiger partial charge in [-0.2, -0.15) is 4.31 Å². The molecule has 0 aromatic heterocycles. The summed E-state index contributed by atoms with van der Waals surface area (Å²) in [6, 6.07) is 13.5. The summed E-state index contributed by atoms with van der Waals surface area (Å²) in [4.78, 5) is 12.6. The van der Waals surface area contributed by atoms with Gasteiger partial charge in [-0.05, 0) is 24.6 Å². The molecule has 150 valence electrons. The van der Waals surface area contributed by atoms with E-state index in [9.17, 15) is 18.5 Å². The third kappa shape index (κ3) is 4.67. The zero-order valence-electron chi connectivity index (χ0n) is 15.7. The molecule has 1 aliphatic rings. The Morgan fingerprint density at radius 1 is 1.07 bits per heavy atom. The van der Waals surface area contributed by atoms with Crippen LogP contribution in [0.1, 0.15) is 5.56 Å². The first kappa shape index (κ1) is 20.2. The van der Waals surface area contributed by atoms with Crippen LogP contribution in [0.3, 0.4) is 0 Å². The van der Waals surface area contributed by atoms with Crippen LogP contribution in [-0.2, 0) is 10.0 Å². The fourth-order valence-corrected chi connectivity index (χ4v) is 4.79. The normalized spacial score (nSPS) is 16.0.